The molecule has 0 fully saturated rings. The normalized spacial score (nSPS) is 11.4. The lowest BCUT2D eigenvalue weighted by Crippen LogP contribution is -2.36. The van der Waals surface area contributed by atoms with E-state index in [2.05, 4.69) is 0 Å². The number of methoxy groups -OCH3 is 1. The highest BCUT2D eigenvalue weighted by atomic mass is 19.4. The van der Waals surface area contributed by atoms with Crippen LogP contribution in [0.2, 0.25) is 0 Å². The second-order valence-corrected chi connectivity index (χ2v) is 4.50. The Balaban J connectivity index is 2.11. The van der Waals surface area contributed by atoms with E-state index in [9.17, 15) is 21.7 Å². The smallest absolute Gasteiger partial charge is 0.497 e. The molecule has 0 saturated heterocycles. The summed E-state index contributed by atoms with van der Waals surface area (Å²) in [7, 11) is 1.39. The Kier molecular flexibility index (Phi) is 4.58. The Bertz CT molecular complexity index is 673. The minimum atomic E-state index is -5.42. The molecule has 0 heterocycles. The SMILES string of the molecule is COc1ccc(COc2ccc([B-](F)(F)F)c(F)c2)c(F)c1. The van der Waals surface area contributed by atoms with Gasteiger partial charge in [0.2, 0.25) is 0 Å². The molecule has 22 heavy (non-hydrogen) atoms. The van der Waals surface area contributed by atoms with Crippen LogP contribution in [0.15, 0.2) is 36.4 Å². The predicted octanol–water partition coefficient (Wildman–Crippen LogP) is 3.61. The van der Waals surface area contributed by atoms with Gasteiger partial charge in [0.1, 0.15) is 23.9 Å². The van der Waals surface area contributed by atoms with Crippen molar-refractivity contribution in [1.82, 2.24) is 0 Å². The maximum Gasteiger partial charge on any atom is 0.512 e. The van der Waals surface area contributed by atoms with Gasteiger partial charge in [0.15, 0.2) is 0 Å². The summed E-state index contributed by atoms with van der Waals surface area (Å²) < 4.78 is 74.4. The lowest BCUT2D eigenvalue weighted by molar-refractivity contribution is 0.298. The molecule has 0 aliphatic heterocycles. The summed E-state index contributed by atoms with van der Waals surface area (Å²) in [6.45, 7) is -5.66. The maximum absolute atomic E-state index is 13.7. The molecule has 0 saturated carbocycles. The first-order valence-corrected chi connectivity index (χ1v) is 6.26. The molecule has 118 valence electrons. The van der Waals surface area contributed by atoms with Crippen molar-refractivity contribution in [3.05, 3.63) is 53.6 Å². The molecular weight excluding hydrogens is 306 g/mol. The highest BCUT2D eigenvalue weighted by Gasteiger charge is 2.28. The van der Waals surface area contributed by atoms with Gasteiger partial charge in [-0.05, 0) is 18.2 Å². The third-order valence-electron chi connectivity index (χ3n) is 2.98. The molecule has 0 radical (unpaired) electrons. The predicted molar refractivity (Wildman–Crippen MR) is 72.4 cm³/mol. The highest BCUT2D eigenvalue weighted by molar-refractivity contribution is 6.73. The zero-order valence-corrected chi connectivity index (χ0v) is 11.5. The van der Waals surface area contributed by atoms with Crippen LogP contribution in [-0.4, -0.2) is 14.1 Å². The third kappa shape index (κ3) is 3.69. The summed E-state index contributed by atoms with van der Waals surface area (Å²) in [6.07, 6.45) is 0. The first-order valence-electron chi connectivity index (χ1n) is 6.26. The van der Waals surface area contributed by atoms with E-state index in [1.807, 2.05) is 0 Å². The number of benzene rings is 2. The van der Waals surface area contributed by atoms with Crippen LogP contribution in [0.1, 0.15) is 5.56 Å². The molecular formula is C14H11BF5O2-. The minimum Gasteiger partial charge on any atom is -0.497 e. The average molecular weight is 317 g/mol. The summed E-state index contributed by atoms with van der Waals surface area (Å²) in [5.41, 5.74) is -1.15. The molecule has 0 spiro atoms. The van der Waals surface area contributed by atoms with Crippen molar-refractivity contribution >= 4 is 12.4 Å². The molecule has 2 rings (SSSR count). The van der Waals surface area contributed by atoms with Gasteiger partial charge in [-0.25, -0.2) is 8.78 Å². The fourth-order valence-electron chi connectivity index (χ4n) is 1.80. The summed E-state index contributed by atoms with van der Waals surface area (Å²) in [5, 5.41) is 0. The fourth-order valence-corrected chi connectivity index (χ4v) is 1.80. The standard InChI is InChI=1S/C14H11BF5O2/c1-21-10-3-2-9(13(16)6-10)8-22-11-4-5-12(14(17)7-11)15(18,19)20/h2-7H,8H2,1H3/q-1. The van der Waals surface area contributed by atoms with Crippen molar-refractivity contribution in [3.63, 3.8) is 0 Å². The monoisotopic (exact) mass is 317 g/mol. The zero-order chi connectivity index (χ0) is 16.3. The number of hydrogen-bond donors (Lipinski definition) is 0. The Morgan fingerprint density at radius 2 is 1.55 bits per heavy atom. The summed E-state index contributed by atoms with van der Waals surface area (Å²) in [6, 6.07) is 6.31. The van der Waals surface area contributed by atoms with Gasteiger partial charge < -0.3 is 22.4 Å². The van der Waals surface area contributed by atoms with E-state index in [-0.39, 0.29) is 17.9 Å². The molecule has 0 unspecified atom stereocenters. The van der Waals surface area contributed by atoms with Gasteiger partial charge in [0.05, 0.1) is 12.9 Å². The molecule has 0 aliphatic rings. The number of rotatable bonds is 5. The Morgan fingerprint density at radius 3 is 2.09 bits per heavy atom. The largest absolute Gasteiger partial charge is 0.512 e. The van der Waals surface area contributed by atoms with Crippen molar-refractivity contribution in [3.8, 4) is 11.5 Å². The Hall–Kier alpha value is -2.25. The Labute approximate surface area is 123 Å². The Morgan fingerprint density at radius 1 is 0.909 bits per heavy atom. The van der Waals surface area contributed by atoms with Crippen LogP contribution in [0.25, 0.3) is 0 Å². The maximum atomic E-state index is 13.7. The van der Waals surface area contributed by atoms with E-state index in [4.69, 9.17) is 9.47 Å². The van der Waals surface area contributed by atoms with Crippen molar-refractivity contribution < 1.29 is 31.2 Å². The van der Waals surface area contributed by atoms with Gasteiger partial charge in [0.25, 0.3) is 0 Å². The molecule has 0 aromatic heterocycles. The van der Waals surface area contributed by atoms with Gasteiger partial charge in [-0.3, -0.25) is 0 Å². The van der Waals surface area contributed by atoms with Crippen LogP contribution in [0.3, 0.4) is 0 Å². The van der Waals surface area contributed by atoms with E-state index in [1.54, 1.807) is 0 Å². The van der Waals surface area contributed by atoms with Crippen LogP contribution in [-0.2, 0) is 6.61 Å². The summed E-state index contributed by atoms with van der Waals surface area (Å²) in [5.74, 6) is -1.80. The van der Waals surface area contributed by atoms with Crippen LogP contribution < -0.4 is 14.9 Å². The van der Waals surface area contributed by atoms with Crippen LogP contribution in [0.5, 0.6) is 11.5 Å². The van der Waals surface area contributed by atoms with Gasteiger partial charge >= 0.3 is 6.98 Å². The van der Waals surface area contributed by atoms with Gasteiger partial charge in [-0.2, -0.15) is 0 Å². The van der Waals surface area contributed by atoms with Gasteiger partial charge in [0, 0.05) is 17.7 Å². The third-order valence-corrected chi connectivity index (χ3v) is 2.98. The van der Waals surface area contributed by atoms with E-state index >= 15 is 0 Å². The fraction of sp³-hybridized carbons (Fsp3) is 0.143. The lowest BCUT2D eigenvalue weighted by Gasteiger charge is -2.16. The topological polar surface area (TPSA) is 18.5 Å². The first kappa shape index (κ1) is 16.1. The van der Waals surface area contributed by atoms with Gasteiger partial charge in [-0.1, -0.05) is 11.5 Å². The molecule has 0 N–H and O–H groups in total. The van der Waals surface area contributed by atoms with E-state index in [1.165, 1.54) is 19.2 Å². The van der Waals surface area contributed by atoms with Crippen molar-refractivity contribution in [2.45, 2.75) is 6.61 Å². The summed E-state index contributed by atoms with van der Waals surface area (Å²) in [4.78, 5) is 0. The number of halogens is 5. The minimum absolute atomic E-state index is 0.114. The quantitative estimate of drug-likeness (QED) is 0.620. The zero-order valence-electron chi connectivity index (χ0n) is 11.5. The van der Waals surface area contributed by atoms with Crippen LogP contribution >= 0.6 is 0 Å². The second kappa shape index (κ2) is 6.25. The first-order chi connectivity index (χ1) is 10.3. The summed E-state index contributed by atoms with van der Waals surface area (Å²) >= 11 is 0. The number of hydrogen-bond acceptors (Lipinski definition) is 2. The van der Waals surface area contributed by atoms with E-state index in [0.717, 1.165) is 12.1 Å². The molecule has 0 atom stereocenters. The van der Waals surface area contributed by atoms with Crippen molar-refractivity contribution in [2.75, 3.05) is 7.11 Å². The molecule has 0 aliphatic carbocycles. The van der Waals surface area contributed by atoms with Crippen molar-refractivity contribution in [1.29, 1.82) is 0 Å². The lowest BCUT2D eigenvalue weighted by atomic mass is 9.80. The van der Waals surface area contributed by atoms with Crippen LogP contribution in [0, 0.1) is 11.6 Å². The van der Waals surface area contributed by atoms with E-state index < -0.39 is 24.1 Å². The van der Waals surface area contributed by atoms with E-state index in [0.29, 0.717) is 17.9 Å². The average Bonchev–Trinajstić information content (AvgIpc) is 2.44. The van der Waals surface area contributed by atoms with Gasteiger partial charge in [-0.15, -0.1) is 0 Å². The molecule has 0 amide bonds. The number of ether oxygens (including phenoxy) is 2. The molecule has 2 aromatic rings. The highest BCUT2D eigenvalue weighted by Crippen LogP contribution is 2.20. The molecule has 2 nitrogen and oxygen atoms in total. The second-order valence-electron chi connectivity index (χ2n) is 4.50. The molecule has 0 bridgehead atoms. The molecule has 8 heteroatoms. The van der Waals surface area contributed by atoms with Crippen molar-refractivity contribution in [2.24, 2.45) is 0 Å². The van der Waals surface area contributed by atoms with Crippen LogP contribution in [0.4, 0.5) is 21.7 Å². The molecule has 2 aromatic carbocycles.